The molecule has 0 saturated heterocycles. The largest absolute Gasteiger partial charge is 0.338 e. The molecular formula is C18H20N6O2. The summed E-state index contributed by atoms with van der Waals surface area (Å²) in [6.07, 6.45) is 6.83. The number of amides is 1. The number of aryl methyl sites for hydroxylation is 1. The number of pyridine rings is 1. The molecule has 1 fully saturated rings. The van der Waals surface area contributed by atoms with E-state index >= 15 is 0 Å². The molecule has 3 aromatic heterocycles. The van der Waals surface area contributed by atoms with Gasteiger partial charge in [-0.15, -0.1) is 0 Å². The quantitative estimate of drug-likeness (QED) is 0.628. The Bertz CT molecular complexity index is 882. The smallest absolute Gasteiger partial charge is 0.231 e. The lowest BCUT2D eigenvalue weighted by Gasteiger charge is -2.34. The number of aromatic amines is 1. The summed E-state index contributed by atoms with van der Waals surface area (Å²) in [4.78, 5) is 16.3. The SMILES string of the molecule is Cc1[nH]ncc1CNC1CC(C(=O)Nc2cc(-c3ccncc3)no2)C1. The molecule has 0 radical (unpaired) electrons. The fourth-order valence-electron chi connectivity index (χ4n) is 3.02. The first-order valence-corrected chi connectivity index (χ1v) is 8.59. The molecule has 26 heavy (non-hydrogen) atoms. The predicted octanol–water partition coefficient (Wildman–Crippen LogP) is 2.28. The molecule has 0 aliphatic heterocycles. The van der Waals surface area contributed by atoms with Crippen LogP contribution in [-0.4, -0.2) is 32.3 Å². The summed E-state index contributed by atoms with van der Waals surface area (Å²) in [5.41, 5.74) is 3.79. The third-order valence-electron chi connectivity index (χ3n) is 4.76. The van der Waals surface area contributed by atoms with Crippen molar-refractivity contribution in [1.82, 2.24) is 25.7 Å². The van der Waals surface area contributed by atoms with Gasteiger partial charge in [0.2, 0.25) is 11.8 Å². The molecule has 0 bridgehead atoms. The van der Waals surface area contributed by atoms with Crippen LogP contribution in [0.3, 0.4) is 0 Å². The van der Waals surface area contributed by atoms with E-state index in [0.29, 0.717) is 17.6 Å². The molecule has 8 heteroatoms. The normalized spacial score (nSPS) is 19.1. The zero-order valence-electron chi connectivity index (χ0n) is 14.4. The molecule has 1 aliphatic rings. The molecule has 3 N–H and O–H groups in total. The second-order valence-corrected chi connectivity index (χ2v) is 6.57. The minimum atomic E-state index is -0.0278. The van der Waals surface area contributed by atoms with E-state index in [0.717, 1.165) is 36.2 Å². The van der Waals surface area contributed by atoms with Crippen molar-refractivity contribution in [3.05, 3.63) is 48.0 Å². The number of aromatic nitrogens is 4. The molecule has 0 aromatic carbocycles. The van der Waals surface area contributed by atoms with Gasteiger partial charge in [-0.25, -0.2) is 0 Å². The van der Waals surface area contributed by atoms with E-state index in [1.165, 1.54) is 0 Å². The van der Waals surface area contributed by atoms with Crippen LogP contribution >= 0.6 is 0 Å². The summed E-state index contributed by atoms with van der Waals surface area (Å²) in [6.45, 7) is 2.76. The van der Waals surface area contributed by atoms with Crippen molar-refractivity contribution in [3.8, 4) is 11.3 Å². The number of rotatable bonds is 6. The van der Waals surface area contributed by atoms with Crippen molar-refractivity contribution in [2.24, 2.45) is 5.92 Å². The third-order valence-corrected chi connectivity index (χ3v) is 4.76. The lowest BCUT2D eigenvalue weighted by molar-refractivity contribution is -0.123. The van der Waals surface area contributed by atoms with E-state index in [9.17, 15) is 4.79 Å². The van der Waals surface area contributed by atoms with Crippen LogP contribution in [0, 0.1) is 12.8 Å². The van der Waals surface area contributed by atoms with Crippen LogP contribution < -0.4 is 10.6 Å². The summed E-state index contributed by atoms with van der Waals surface area (Å²) in [5, 5.41) is 17.2. The molecule has 3 heterocycles. The van der Waals surface area contributed by atoms with E-state index < -0.39 is 0 Å². The molecule has 0 atom stereocenters. The Labute approximate surface area is 150 Å². The van der Waals surface area contributed by atoms with Crippen molar-refractivity contribution in [1.29, 1.82) is 0 Å². The second-order valence-electron chi connectivity index (χ2n) is 6.57. The maximum atomic E-state index is 12.3. The summed E-state index contributed by atoms with van der Waals surface area (Å²) >= 11 is 0. The van der Waals surface area contributed by atoms with E-state index in [4.69, 9.17) is 4.52 Å². The van der Waals surface area contributed by atoms with Crippen molar-refractivity contribution in [2.45, 2.75) is 32.4 Å². The number of H-pyrrole nitrogens is 1. The Morgan fingerprint density at radius 2 is 2.15 bits per heavy atom. The van der Waals surface area contributed by atoms with Gasteiger partial charge in [0.25, 0.3) is 0 Å². The van der Waals surface area contributed by atoms with Crippen LogP contribution in [0.1, 0.15) is 24.1 Å². The average molecular weight is 352 g/mol. The standard InChI is InChI=1S/C18H20N6O2/c1-11-14(10-21-23-11)9-20-15-6-13(7-15)18(25)22-17-8-16(24-26-17)12-2-4-19-5-3-12/h2-5,8,10,13,15,20H,6-7,9H2,1H3,(H,21,23)(H,22,25). The lowest BCUT2D eigenvalue weighted by Crippen LogP contribution is -2.45. The highest BCUT2D eigenvalue weighted by Gasteiger charge is 2.34. The minimum Gasteiger partial charge on any atom is -0.338 e. The molecule has 3 aromatic rings. The Morgan fingerprint density at radius 3 is 2.88 bits per heavy atom. The maximum Gasteiger partial charge on any atom is 0.231 e. The number of nitrogens with one attached hydrogen (secondary N) is 3. The molecule has 1 amide bonds. The summed E-state index contributed by atoms with van der Waals surface area (Å²) < 4.78 is 5.22. The average Bonchev–Trinajstić information content (AvgIpc) is 3.23. The van der Waals surface area contributed by atoms with Gasteiger partial charge in [-0.2, -0.15) is 5.10 Å². The van der Waals surface area contributed by atoms with Crippen LogP contribution in [0.4, 0.5) is 5.88 Å². The van der Waals surface area contributed by atoms with E-state index in [-0.39, 0.29) is 11.8 Å². The Morgan fingerprint density at radius 1 is 1.35 bits per heavy atom. The van der Waals surface area contributed by atoms with Gasteiger partial charge in [0.15, 0.2) is 0 Å². The van der Waals surface area contributed by atoms with Crippen molar-refractivity contribution >= 4 is 11.8 Å². The van der Waals surface area contributed by atoms with Gasteiger partial charge in [-0.3, -0.25) is 20.2 Å². The highest BCUT2D eigenvalue weighted by molar-refractivity contribution is 5.92. The van der Waals surface area contributed by atoms with Crippen LogP contribution in [0.25, 0.3) is 11.3 Å². The molecule has 4 rings (SSSR count). The van der Waals surface area contributed by atoms with Crippen molar-refractivity contribution in [2.75, 3.05) is 5.32 Å². The first-order chi connectivity index (χ1) is 12.7. The van der Waals surface area contributed by atoms with E-state index in [1.54, 1.807) is 18.5 Å². The first-order valence-electron chi connectivity index (χ1n) is 8.59. The number of carbonyl (C=O) groups excluding carboxylic acids is 1. The Hall–Kier alpha value is -3.00. The summed E-state index contributed by atoms with van der Waals surface area (Å²) in [6, 6.07) is 5.76. The number of nitrogens with zero attached hydrogens (tertiary/aromatic N) is 3. The van der Waals surface area contributed by atoms with Crippen LogP contribution in [0.2, 0.25) is 0 Å². The minimum absolute atomic E-state index is 0.00702. The lowest BCUT2D eigenvalue weighted by atomic mass is 9.79. The van der Waals surface area contributed by atoms with Gasteiger partial charge < -0.3 is 9.84 Å². The maximum absolute atomic E-state index is 12.3. The Kier molecular flexibility index (Phi) is 4.49. The summed E-state index contributed by atoms with van der Waals surface area (Å²) in [7, 11) is 0. The zero-order valence-corrected chi connectivity index (χ0v) is 14.4. The van der Waals surface area contributed by atoms with Crippen molar-refractivity contribution in [3.63, 3.8) is 0 Å². The van der Waals surface area contributed by atoms with Gasteiger partial charge in [0, 0.05) is 53.8 Å². The number of hydrogen-bond donors (Lipinski definition) is 3. The van der Waals surface area contributed by atoms with Crippen LogP contribution in [0.15, 0.2) is 41.3 Å². The molecule has 1 saturated carbocycles. The van der Waals surface area contributed by atoms with E-state index in [2.05, 4.69) is 31.0 Å². The summed E-state index contributed by atoms with van der Waals surface area (Å²) in [5.74, 6) is 0.333. The van der Waals surface area contributed by atoms with Gasteiger partial charge in [-0.05, 0) is 31.9 Å². The topological polar surface area (TPSA) is 109 Å². The number of carbonyl (C=O) groups is 1. The zero-order chi connectivity index (χ0) is 17.9. The van der Waals surface area contributed by atoms with Gasteiger partial charge in [0.1, 0.15) is 5.69 Å². The molecule has 0 unspecified atom stereocenters. The molecule has 134 valence electrons. The molecular weight excluding hydrogens is 332 g/mol. The van der Waals surface area contributed by atoms with Crippen LogP contribution in [-0.2, 0) is 11.3 Å². The molecule has 8 nitrogen and oxygen atoms in total. The second kappa shape index (κ2) is 7.09. The molecule has 0 spiro atoms. The Balaban J connectivity index is 1.25. The predicted molar refractivity (Wildman–Crippen MR) is 95.0 cm³/mol. The molecule has 1 aliphatic carbocycles. The highest BCUT2D eigenvalue weighted by Crippen LogP contribution is 2.29. The van der Waals surface area contributed by atoms with Gasteiger partial charge in [0.05, 0.1) is 6.20 Å². The van der Waals surface area contributed by atoms with Gasteiger partial charge >= 0.3 is 0 Å². The fourth-order valence-corrected chi connectivity index (χ4v) is 3.02. The first kappa shape index (κ1) is 16.5. The third kappa shape index (κ3) is 3.50. The van der Waals surface area contributed by atoms with E-state index in [1.807, 2.05) is 25.3 Å². The number of hydrogen-bond acceptors (Lipinski definition) is 6. The van der Waals surface area contributed by atoms with Crippen LogP contribution in [0.5, 0.6) is 0 Å². The highest BCUT2D eigenvalue weighted by atomic mass is 16.5. The fraction of sp³-hybridized carbons (Fsp3) is 0.333. The van der Waals surface area contributed by atoms with Gasteiger partial charge in [-0.1, -0.05) is 5.16 Å². The monoisotopic (exact) mass is 352 g/mol. The number of anilines is 1. The van der Waals surface area contributed by atoms with Crippen molar-refractivity contribution < 1.29 is 9.32 Å².